The molecular formula is C17H22N2O. The smallest absolute Gasteiger partial charge is 0.126 e. The van der Waals surface area contributed by atoms with Gasteiger partial charge in [0.15, 0.2) is 0 Å². The Hall–Kier alpha value is -1.58. The molecule has 106 valence electrons. The molecule has 0 spiro atoms. The molecule has 0 aliphatic carbocycles. The molecule has 0 aromatic heterocycles. The number of rotatable bonds is 4. The Kier molecular flexibility index (Phi) is 3.90. The summed E-state index contributed by atoms with van der Waals surface area (Å²) in [6, 6.07) is 13.3. The predicted octanol–water partition coefficient (Wildman–Crippen LogP) is 2.64. The van der Waals surface area contributed by atoms with Crippen LogP contribution in [0.4, 0.5) is 0 Å². The number of likely N-dealkylation sites (tertiary alicyclic amines) is 1. The summed E-state index contributed by atoms with van der Waals surface area (Å²) in [7, 11) is 3.92. The Morgan fingerprint density at radius 3 is 2.70 bits per heavy atom. The van der Waals surface area contributed by atoms with E-state index < -0.39 is 0 Å². The maximum atomic E-state index is 5.45. The molecule has 1 fully saturated rings. The molecule has 0 radical (unpaired) electrons. The fourth-order valence-electron chi connectivity index (χ4n) is 3.02. The largest absolute Gasteiger partial charge is 0.496 e. The molecule has 2 aromatic rings. The van der Waals surface area contributed by atoms with Gasteiger partial charge in [0.2, 0.25) is 0 Å². The molecule has 3 nitrogen and oxygen atoms in total. The molecule has 3 rings (SSSR count). The zero-order chi connectivity index (χ0) is 13.9. The minimum Gasteiger partial charge on any atom is -0.496 e. The number of benzene rings is 2. The highest BCUT2D eigenvalue weighted by Gasteiger charge is 2.18. The summed E-state index contributed by atoms with van der Waals surface area (Å²) >= 11 is 0. The van der Waals surface area contributed by atoms with Crippen LogP contribution in [0.1, 0.15) is 12.0 Å². The lowest BCUT2D eigenvalue weighted by Crippen LogP contribution is -2.30. The Labute approximate surface area is 120 Å². The number of hydrogen-bond acceptors (Lipinski definition) is 3. The van der Waals surface area contributed by atoms with Crippen molar-refractivity contribution in [2.45, 2.75) is 19.0 Å². The lowest BCUT2D eigenvalue weighted by Gasteiger charge is -2.15. The molecule has 0 bridgehead atoms. The van der Waals surface area contributed by atoms with Crippen molar-refractivity contribution in [3.8, 4) is 5.75 Å². The van der Waals surface area contributed by atoms with Gasteiger partial charge in [0.1, 0.15) is 5.75 Å². The van der Waals surface area contributed by atoms with Gasteiger partial charge in [-0.2, -0.15) is 0 Å². The standard InChI is InChI=1S/C17H22N2O/c1-19-10-9-14(12-19)18-11-13-7-8-17(20-2)16-6-4-3-5-15(13)16/h3-8,14,18H,9-12H2,1-2H3. The highest BCUT2D eigenvalue weighted by atomic mass is 16.5. The van der Waals surface area contributed by atoms with Crippen LogP contribution in [0.25, 0.3) is 10.8 Å². The summed E-state index contributed by atoms with van der Waals surface area (Å²) in [6.45, 7) is 3.26. The van der Waals surface area contributed by atoms with Gasteiger partial charge in [0.25, 0.3) is 0 Å². The van der Waals surface area contributed by atoms with Gasteiger partial charge < -0.3 is 15.0 Å². The van der Waals surface area contributed by atoms with Crippen LogP contribution >= 0.6 is 0 Å². The molecule has 1 aliphatic heterocycles. The third-order valence-electron chi connectivity index (χ3n) is 4.17. The van der Waals surface area contributed by atoms with E-state index in [0.29, 0.717) is 6.04 Å². The van der Waals surface area contributed by atoms with Crippen molar-refractivity contribution in [1.29, 1.82) is 0 Å². The van der Waals surface area contributed by atoms with Gasteiger partial charge in [0.05, 0.1) is 7.11 Å². The van der Waals surface area contributed by atoms with Crippen LogP contribution in [0.2, 0.25) is 0 Å². The van der Waals surface area contributed by atoms with Gasteiger partial charge in [-0.15, -0.1) is 0 Å². The summed E-state index contributed by atoms with van der Waals surface area (Å²) in [5.74, 6) is 0.949. The highest BCUT2D eigenvalue weighted by Crippen LogP contribution is 2.28. The normalized spacial score (nSPS) is 19.6. The molecule has 1 heterocycles. The molecule has 20 heavy (non-hydrogen) atoms. The number of methoxy groups -OCH3 is 1. The molecule has 2 aromatic carbocycles. The number of nitrogens with zero attached hydrogens (tertiary/aromatic N) is 1. The topological polar surface area (TPSA) is 24.5 Å². The van der Waals surface area contributed by atoms with Gasteiger partial charge in [-0.1, -0.05) is 30.3 Å². The van der Waals surface area contributed by atoms with E-state index in [4.69, 9.17) is 4.74 Å². The fourth-order valence-corrected chi connectivity index (χ4v) is 3.02. The maximum absolute atomic E-state index is 5.45. The number of nitrogens with one attached hydrogen (secondary N) is 1. The van der Waals surface area contributed by atoms with Gasteiger partial charge >= 0.3 is 0 Å². The molecule has 1 atom stereocenters. The summed E-state index contributed by atoms with van der Waals surface area (Å²) in [5.41, 5.74) is 1.34. The molecule has 1 unspecified atom stereocenters. The Morgan fingerprint density at radius 2 is 2.00 bits per heavy atom. The number of hydrogen-bond donors (Lipinski definition) is 1. The van der Waals surface area contributed by atoms with E-state index in [1.807, 2.05) is 0 Å². The van der Waals surface area contributed by atoms with Gasteiger partial charge in [0, 0.05) is 24.5 Å². The summed E-state index contributed by atoms with van der Waals surface area (Å²) in [4.78, 5) is 2.38. The van der Waals surface area contributed by atoms with E-state index in [1.165, 1.54) is 29.3 Å². The first-order chi connectivity index (χ1) is 9.78. The Bertz CT molecular complexity index is 597. The molecule has 3 heteroatoms. The molecule has 0 saturated carbocycles. The predicted molar refractivity (Wildman–Crippen MR) is 83.2 cm³/mol. The van der Waals surface area contributed by atoms with E-state index in [1.54, 1.807) is 7.11 Å². The molecular weight excluding hydrogens is 248 g/mol. The van der Waals surface area contributed by atoms with Crippen molar-refractivity contribution in [3.05, 3.63) is 42.0 Å². The summed E-state index contributed by atoms with van der Waals surface area (Å²) < 4.78 is 5.45. The average Bonchev–Trinajstić information content (AvgIpc) is 2.90. The van der Waals surface area contributed by atoms with Crippen LogP contribution in [0.3, 0.4) is 0 Å². The van der Waals surface area contributed by atoms with Crippen molar-refractivity contribution in [3.63, 3.8) is 0 Å². The van der Waals surface area contributed by atoms with Crippen LogP contribution in [-0.2, 0) is 6.54 Å². The van der Waals surface area contributed by atoms with Crippen LogP contribution in [-0.4, -0.2) is 38.2 Å². The van der Waals surface area contributed by atoms with E-state index in [-0.39, 0.29) is 0 Å². The Morgan fingerprint density at radius 1 is 1.20 bits per heavy atom. The van der Waals surface area contributed by atoms with Crippen molar-refractivity contribution in [2.24, 2.45) is 0 Å². The van der Waals surface area contributed by atoms with Crippen molar-refractivity contribution in [1.82, 2.24) is 10.2 Å². The van der Waals surface area contributed by atoms with Crippen molar-refractivity contribution >= 4 is 10.8 Å². The van der Waals surface area contributed by atoms with E-state index in [9.17, 15) is 0 Å². The van der Waals surface area contributed by atoms with Crippen LogP contribution in [0.15, 0.2) is 36.4 Å². The minimum absolute atomic E-state index is 0.612. The highest BCUT2D eigenvalue weighted by molar-refractivity contribution is 5.91. The van der Waals surface area contributed by atoms with E-state index in [0.717, 1.165) is 18.8 Å². The molecule has 1 saturated heterocycles. The average molecular weight is 270 g/mol. The van der Waals surface area contributed by atoms with E-state index >= 15 is 0 Å². The number of ether oxygens (including phenoxy) is 1. The van der Waals surface area contributed by atoms with E-state index in [2.05, 4.69) is 53.7 Å². The third kappa shape index (κ3) is 2.65. The van der Waals surface area contributed by atoms with Gasteiger partial charge in [-0.05, 0) is 37.0 Å². The second-order valence-corrected chi connectivity index (χ2v) is 5.60. The quantitative estimate of drug-likeness (QED) is 0.924. The number of likely N-dealkylation sites (N-methyl/N-ethyl adjacent to an activating group) is 1. The third-order valence-corrected chi connectivity index (χ3v) is 4.17. The molecule has 1 aliphatic rings. The molecule has 0 amide bonds. The SMILES string of the molecule is COc1ccc(CNC2CCN(C)C2)c2ccccc12. The number of fused-ring (bicyclic) bond motifs is 1. The summed E-state index contributed by atoms with van der Waals surface area (Å²) in [6.07, 6.45) is 1.24. The lowest BCUT2D eigenvalue weighted by molar-refractivity contribution is 0.398. The first kappa shape index (κ1) is 13.4. The monoisotopic (exact) mass is 270 g/mol. The zero-order valence-electron chi connectivity index (χ0n) is 12.2. The van der Waals surface area contributed by atoms with Gasteiger partial charge in [-0.25, -0.2) is 0 Å². The summed E-state index contributed by atoms with van der Waals surface area (Å²) in [5, 5.41) is 6.15. The zero-order valence-corrected chi connectivity index (χ0v) is 12.2. The maximum Gasteiger partial charge on any atom is 0.126 e. The minimum atomic E-state index is 0.612. The van der Waals surface area contributed by atoms with Crippen LogP contribution < -0.4 is 10.1 Å². The van der Waals surface area contributed by atoms with Gasteiger partial charge in [-0.3, -0.25) is 0 Å². The lowest BCUT2D eigenvalue weighted by atomic mass is 10.0. The van der Waals surface area contributed by atoms with Crippen LogP contribution in [0, 0.1) is 0 Å². The van der Waals surface area contributed by atoms with Crippen LogP contribution in [0.5, 0.6) is 5.75 Å². The fraction of sp³-hybridized carbons (Fsp3) is 0.412. The first-order valence-corrected chi connectivity index (χ1v) is 7.24. The van der Waals surface area contributed by atoms with Crippen molar-refractivity contribution < 1.29 is 4.74 Å². The van der Waals surface area contributed by atoms with Crippen molar-refractivity contribution in [2.75, 3.05) is 27.2 Å². The molecule has 1 N–H and O–H groups in total. The first-order valence-electron chi connectivity index (χ1n) is 7.24. The second-order valence-electron chi connectivity index (χ2n) is 5.60. The second kappa shape index (κ2) is 5.81. The Balaban J connectivity index is 1.81.